The predicted molar refractivity (Wildman–Crippen MR) is 106 cm³/mol. The molecule has 0 aromatic heterocycles. The van der Waals surface area contributed by atoms with Gasteiger partial charge in [-0.25, -0.2) is 0 Å². The molecule has 3 heteroatoms. The molecule has 0 aromatic carbocycles. The molecule has 0 saturated carbocycles. The molecule has 1 aliphatic heterocycles. The molecule has 138 valence electrons. The highest BCUT2D eigenvalue weighted by Crippen LogP contribution is 2.42. The van der Waals surface area contributed by atoms with Crippen molar-refractivity contribution >= 4 is 8.32 Å². The Balaban J connectivity index is 2.09. The van der Waals surface area contributed by atoms with E-state index in [1.165, 1.54) is 42.1 Å². The average Bonchev–Trinajstić information content (AvgIpc) is 3.30. The minimum absolute atomic E-state index is 0.224. The number of epoxide rings is 1. The van der Waals surface area contributed by atoms with Crippen molar-refractivity contribution in [2.24, 2.45) is 11.8 Å². The van der Waals surface area contributed by atoms with Gasteiger partial charge in [-0.2, -0.15) is 0 Å². The maximum atomic E-state index is 6.87. The van der Waals surface area contributed by atoms with Crippen LogP contribution in [0.2, 0.25) is 18.1 Å². The van der Waals surface area contributed by atoms with Crippen LogP contribution in [0.4, 0.5) is 0 Å². The molecule has 2 aliphatic rings. The summed E-state index contributed by atoms with van der Waals surface area (Å²) >= 11 is 0. The second kappa shape index (κ2) is 8.33. The molecule has 0 radical (unpaired) electrons. The first-order valence-corrected chi connectivity index (χ1v) is 12.6. The van der Waals surface area contributed by atoms with E-state index in [-0.39, 0.29) is 12.2 Å². The predicted octanol–water partition coefficient (Wildman–Crippen LogP) is 6.10. The van der Waals surface area contributed by atoms with Crippen molar-refractivity contribution in [2.45, 2.75) is 97.2 Å². The Kier molecular flexibility index (Phi) is 6.92. The minimum atomic E-state index is -1.61. The monoisotopic (exact) mass is 350 g/mol. The average molecular weight is 351 g/mol. The maximum absolute atomic E-state index is 6.87. The van der Waals surface area contributed by atoms with Gasteiger partial charge in [0.1, 0.15) is 6.10 Å². The van der Waals surface area contributed by atoms with Gasteiger partial charge in [-0.05, 0) is 55.8 Å². The van der Waals surface area contributed by atoms with Crippen molar-refractivity contribution in [3.8, 4) is 0 Å². The van der Waals surface area contributed by atoms with Crippen molar-refractivity contribution in [1.82, 2.24) is 0 Å². The summed E-state index contributed by atoms with van der Waals surface area (Å²) in [6.45, 7) is 18.2. The maximum Gasteiger partial charge on any atom is 0.192 e. The Morgan fingerprint density at radius 1 is 1.29 bits per heavy atom. The highest BCUT2D eigenvalue weighted by Gasteiger charge is 2.46. The molecule has 24 heavy (non-hydrogen) atoms. The van der Waals surface area contributed by atoms with E-state index in [2.05, 4.69) is 54.2 Å². The summed E-state index contributed by atoms with van der Waals surface area (Å²) in [5.74, 6) is 1.13. The van der Waals surface area contributed by atoms with Gasteiger partial charge in [0, 0.05) is 5.92 Å². The van der Waals surface area contributed by atoms with Crippen LogP contribution in [0.15, 0.2) is 23.8 Å². The molecule has 0 amide bonds. The first-order chi connectivity index (χ1) is 11.4. The summed E-state index contributed by atoms with van der Waals surface area (Å²) in [7, 11) is -1.61. The molecule has 0 aromatic rings. The van der Waals surface area contributed by atoms with Gasteiger partial charge in [0.15, 0.2) is 8.32 Å². The number of rotatable bonds is 9. The Hall–Kier alpha value is -0.383. The third kappa shape index (κ3) is 4.62. The molecule has 2 nitrogen and oxygen atoms in total. The molecule has 2 rings (SSSR count). The van der Waals surface area contributed by atoms with E-state index in [9.17, 15) is 0 Å². The van der Waals surface area contributed by atoms with Gasteiger partial charge in [0.2, 0.25) is 0 Å². The molecule has 0 spiro atoms. The fraction of sp³-hybridized carbons (Fsp3) is 0.810. The Morgan fingerprint density at radius 2 is 1.92 bits per heavy atom. The van der Waals surface area contributed by atoms with Gasteiger partial charge in [-0.15, -0.1) is 0 Å². The summed E-state index contributed by atoms with van der Waals surface area (Å²) in [6, 6.07) is 3.62. The van der Waals surface area contributed by atoms with E-state index in [0.717, 1.165) is 6.42 Å². The minimum Gasteiger partial charge on any atom is -0.410 e. The second-order valence-corrected chi connectivity index (χ2v) is 13.0. The number of allylic oxidation sites excluding steroid dienone is 1. The first-order valence-electron chi connectivity index (χ1n) is 10.0. The molecule has 0 bridgehead atoms. The zero-order chi connectivity index (χ0) is 17.9. The van der Waals surface area contributed by atoms with Crippen LogP contribution in [0.3, 0.4) is 0 Å². The quantitative estimate of drug-likeness (QED) is 0.284. The highest BCUT2D eigenvalue weighted by atomic mass is 28.4. The Bertz CT molecular complexity index is 456. The number of hydrogen-bond acceptors (Lipinski definition) is 2. The van der Waals surface area contributed by atoms with Crippen molar-refractivity contribution in [1.29, 1.82) is 0 Å². The first kappa shape index (κ1) is 19.9. The van der Waals surface area contributed by atoms with Gasteiger partial charge in [-0.3, -0.25) is 0 Å². The van der Waals surface area contributed by atoms with Gasteiger partial charge >= 0.3 is 0 Å². The second-order valence-electron chi connectivity index (χ2n) is 8.28. The van der Waals surface area contributed by atoms with Crippen molar-refractivity contribution < 1.29 is 9.16 Å². The van der Waals surface area contributed by atoms with Gasteiger partial charge in [0.05, 0.1) is 12.2 Å². The van der Waals surface area contributed by atoms with Crippen LogP contribution in [0.25, 0.3) is 0 Å². The largest absolute Gasteiger partial charge is 0.410 e. The Morgan fingerprint density at radius 3 is 2.46 bits per heavy atom. The van der Waals surface area contributed by atoms with Crippen LogP contribution in [-0.4, -0.2) is 26.6 Å². The molecular formula is C21H38O2Si. The van der Waals surface area contributed by atoms with E-state index >= 15 is 0 Å². The zero-order valence-corrected chi connectivity index (χ0v) is 17.7. The third-order valence-corrected chi connectivity index (χ3v) is 10.8. The lowest BCUT2D eigenvalue weighted by molar-refractivity contribution is 0.164. The van der Waals surface area contributed by atoms with Gasteiger partial charge < -0.3 is 9.16 Å². The van der Waals surface area contributed by atoms with Crippen molar-refractivity contribution in [3.05, 3.63) is 23.8 Å². The highest BCUT2D eigenvalue weighted by molar-refractivity contribution is 6.73. The summed E-state index contributed by atoms with van der Waals surface area (Å²) in [5.41, 5.74) is 2.77. The van der Waals surface area contributed by atoms with E-state index in [1.807, 2.05) is 0 Å². The molecule has 0 unspecified atom stereocenters. The smallest absolute Gasteiger partial charge is 0.192 e. The molecule has 4 atom stereocenters. The summed E-state index contributed by atoms with van der Waals surface area (Å²) in [6.07, 6.45) is 6.77. The molecule has 1 aliphatic carbocycles. The van der Waals surface area contributed by atoms with Crippen LogP contribution in [0.5, 0.6) is 0 Å². The van der Waals surface area contributed by atoms with E-state index in [1.54, 1.807) is 0 Å². The van der Waals surface area contributed by atoms with Gasteiger partial charge in [-0.1, -0.05) is 52.8 Å². The van der Waals surface area contributed by atoms with Crippen LogP contribution in [0.1, 0.15) is 60.8 Å². The molecule has 0 N–H and O–H groups in total. The standard InChI is InChI=1S/C21H38O2Si/c1-8-24(9-2,10-3)23-19-14-16(6)11-12-18(19)17(7)21-20(22-21)13-15(4)5/h14-15,18-21H,7-13H2,1-6H3/t18-,19-,20-,21-/m1/s1. The fourth-order valence-electron chi connectivity index (χ4n) is 4.15. The lowest BCUT2D eigenvalue weighted by Crippen LogP contribution is -2.43. The van der Waals surface area contributed by atoms with Crippen LogP contribution >= 0.6 is 0 Å². The number of ether oxygens (including phenoxy) is 1. The van der Waals surface area contributed by atoms with Crippen LogP contribution < -0.4 is 0 Å². The normalized spacial score (nSPS) is 30.4. The lowest BCUT2D eigenvalue weighted by atomic mass is 9.81. The topological polar surface area (TPSA) is 21.8 Å². The van der Waals surface area contributed by atoms with Crippen molar-refractivity contribution in [2.75, 3.05) is 0 Å². The fourth-order valence-corrected chi connectivity index (χ4v) is 6.96. The van der Waals surface area contributed by atoms with Gasteiger partial charge in [0.25, 0.3) is 0 Å². The molecule has 1 heterocycles. The van der Waals surface area contributed by atoms with E-state index < -0.39 is 8.32 Å². The lowest BCUT2D eigenvalue weighted by Gasteiger charge is -2.38. The molecule has 1 saturated heterocycles. The van der Waals surface area contributed by atoms with E-state index in [4.69, 9.17) is 9.16 Å². The summed E-state index contributed by atoms with van der Waals surface area (Å²) in [5, 5.41) is 0. The molecule has 1 fully saturated rings. The molecular weight excluding hydrogens is 312 g/mol. The Labute approximate surface area is 150 Å². The zero-order valence-electron chi connectivity index (χ0n) is 16.7. The number of hydrogen-bond donors (Lipinski definition) is 0. The van der Waals surface area contributed by atoms with E-state index in [0.29, 0.717) is 17.9 Å². The summed E-state index contributed by atoms with van der Waals surface area (Å²) in [4.78, 5) is 0. The SMILES string of the molecule is C=C([C@H]1CCC(C)=C[C@H]1O[Si](CC)(CC)CC)[C@H]1O[C@@H]1CC(C)C. The van der Waals surface area contributed by atoms with Crippen LogP contribution in [-0.2, 0) is 9.16 Å². The van der Waals surface area contributed by atoms with Crippen molar-refractivity contribution in [3.63, 3.8) is 0 Å². The summed E-state index contributed by atoms with van der Waals surface area (Å²) < 4.78 is 12.8. The third-order valence-electron chi connectivity index (χ3n) is 6.14. The van der Waals surface area contributed by atoms with Crippen LogP contribution in [0, 0.1) is 11.8 Å².